The molecule has 0 radical (unpaired) electrons. The Morgan fingerprint density at radius 1 is 0.882 bits per heavy atom. The van der Waals surface area contributed by atoms with Crippen LogP contribution < -0.4 is 14.8 Å². The van der Waals surface area contributed by atoms with Gasteiger partial charge in [0.15, 0.2) is 0 Å². The van der Waals surface area contributed by atoms with Gasteiger partial charge in [-0.1, -0.05) is 6.07 Å². The van der Waals surface area contributed by atoms with Crippen LogP contribution in [0.2, 0.25) is 0 Å². The topological polar surface area (TPSA) is 104 Å². The van der Waals surface area contributed by atoms with E-state index in [0.717, 1.165) is 28.1 Å². The van der Waals surface area contributed by atoms with Gasteiger partial charge >= 0.3 is 0 Å². The zero-order valence-electron chi connectivity index (χ0n) is 18.7. The van der Waals surface area contributed by atoms with Crippen molar-refractivity contribution < 1.29 is 9.47 Å². The molecule has 0 aliphatic carbocycles. The van der Waals surface area contributed by atoms with E-state index in [9.17, 15) is 0 Å². The molecule has 166 valence electrons. The number of nitriles is 2. The lowest BCUT2D eigenvalue weighted by molar-refractivity contribution is 0.305. The molecular formula is C27H21N5O2. The summed E-state index contributed by atoms with van der Waals surface area (Å²) < 4.78 is 11.9. The molecule has 7 heteroatoms. The first kappa shape index (κ1) is 22.3. The Kier molecular flexibility index (Phi) is 6.67. The smallest absolute Gasteiger partial charge is 0.230 e. The summed E-state index contributed by atoms with van der Waals surface area (Å²) in [5, 5.41) is 21.1. The summed E-state index contributed by atoms with van der Waals surface area (Å²) in [4.78, 5) is 8.68. The zero-order chi connectivity index (χ0) is 23.9. The molecule has 1 heterocycles. The maximum atomic E-state index is 9.04. The zero-order valence-corrected chi connectivity index (χ0v) is 18.7. The fourth-order valence-electron chi connectivity index (χ4n) is 3.43. The van der Waals surface area contributed by atoms with Gasteiger partial charge in [0.05, 0.1) is 23.3 Å². The number of anilines is 2. The molecule has 0 spiro atoms. The van der Waals surface area contributed by atoms with Crippen LogP contribution in [0.4, 0.5) is 11.6 Å². The molecule has 4 rings (SSSR count). The third-order valence-corrected chi connectivity index (χ3v) is 5.00. The first-order valence-electron chi connectivity index (χ1n) is 10.6. The molecule has 0 fully saturated rings. The summed E-state index contributed by atoms with van der Waals surface area (Å²) >= 11 is 0. The molecule has 0 unspecified atom stereocenters. The largest absolute Gasteiger partial charge is 0.489 e. The molecule has 0 atom stereocenters. The van der Waals surface area contributed by atoms with Gasteiger partial charge in [0.2, 0.25) is 11.8 Å². The second-order valence-corrected chi connectivity index (χ2v) is 7.62. The van der Waals surface area contributed by atoms with Crippen LogP contribution in [0.25, 0.3) is 0 Å². The average molecular weight is 447 g/mol. The number of rotatable bonds is 7. The van der Waals surface area contributed by atoms with Crippen molar-refractivity contribution >= 4 is 11.6 Å². The third-order valence-electron chi connectivity index (χ3n) is 5.00. The number of hydrogen-bond acceptors (Lipinski definition) is 7. The second-order valence-electron chi connectivity index (χ2n) is 7.62. The number of aromatic nitrogens is 2. The summed E-state index contributed by atoms with van der Waals surface area (Å²) in [7, 11) is 0. The second kappa shape index (κ2) is 10.2. The predicted octanol–water partition coefficient (Wildman–Crippen LogP) is 5.95. The molecule has 4 aromatic rings. The van der Waals surface area contributed by atoms with Crippen LogP contribution in [0.15, 0.2) is 72.9 Å². The van der Waals surface area contributed by atoms with Crippen molar-refractivity contribution in [3.8, 4) is 29.5 Å². The minimum absolute atomic E-state index is 0.378. The number of benzene rings is 3. The highest BCUT2D eigenvalue weighted by atomic mass is 16.5. The van der Waals surface area contributed by atoms with E-state index in [-0.39, 0.29) is 0 Å². The van der Waals surface area contributed by atoms with E-state index in [1.165, 1.54) is 0 Å². The molecule has 1 N–H and O–H groups in total. The van der Waals surface area contributed by atoms with Gasteiger partial charge in [-0.25, -0.2) is 4.98 Å². The number of nitrogens with zero attached hydrogens (tertiary/aromatic N) is 4. The standard InChI is InChI=1S/C27H21N5O2/c1-18-12-22(17-33-24-5-3-4-21(14-24)16-29)13-19(2)26(18)34-25-10-11-30-27(32-25)31-23-8-6-20(15-28)7-9-23/h3-14H,17H2,1-2H3,(H,30,31,32). The summed E-state index contributed by atoms with van der Waals surface area (Å²) in [5.41, 5.74) is 4.81. The Bertz CT molecular complexity index is 1380. The van der Waals surface area contributed by atoms with Gasteiger partial charge in [0.25, 0.3) is 0 Å². The maximum absolute atomic E-state index is 9.04. The summed E-state index contributed by atoms with van der Waals surface area (Å²) in [6.07, 6.45) is 1.62. The number of hydrogen-bond donors (Lipinski definition) is 1. The van der Waals surface area contributed by atoms with Crippen LogP contribution >= 0.6 is 0 Å². The number of nitrogens with one attached hydrogen (secondary N) is 1. The van der Waals surface area contributed by atoms with Gasteiger partial charge < -0.3 is 14.8 Å². The van der Waals surface area contributed by atoms with Crippen LogP contribution in [0.3, 0.4) is 0 Å². The summed E-state index contributed by atoms with van der Waals surface area (Å²) in [6.45, 7) is 4.32. The number of aryl methyl sites for hydroxylation is 2. The fourth-order valence-corrected chi connectivity index (χ4v) is 3.43. The van der Waals surface area contributed by atoms with Gasteiger partial charge in [-0.3, -0.25) is 0 Å². The van der Waals surface area contributed by atoms with Gasteiger partial charge in [-0.2, -0.15) is 15.5 Å². The fraction of sp³-hybridized carbons (Fsp3) is 0.111. The summed E-state index contributed by atoms with van der Waals surface area (Å²) in [6, 6.07) is 24.0. The lowest BCUT2D eigenvalue weighted by Crippen LogP contribution is -2.01. The first-order chi connectivity index (χ1) is 16.5. The molecule has 7 nitrogen and oxygen atoms in total. The van der Waals surface area contributed by atoms with E-state index < -0.39 is 0 Å². The average Bonchev–Trinajstić information content (AvgIpc) is 2.86. The molecular weight excluding hydrogens is 426 g/mol. The lowest BCUT2D eigenvalue weighted by Gasteiger charge is -2.14. The molecule has 0 aliphatic heterocycles. The molecule has 0 saturated carbocycles. The maximum Gasteiger partial charge on any atom is 0.230 e. The molecule has 34 heavy (non-hydrogen) atoms. The Morgan fingerprint density at radius 2 is 1.62 bits per heavy atom. The lowest BCUT2D eigenvalue weighted by atomic mass is 10.1. The number of ether oxygens (including phenoxy) is 2. The summed E-state index contributed by atoms with van der Waals surface area (Å²) in [5.74, 6) is 2.17. The van der Waals surface area contributed by atoms with Crippen LogP contribution in [0.1, 0.15) is 27.8 Å². The highest BCUT2D eigenvalue weighted by molar-refractivity contribution is 5.55. The third kappa shape index (κ3) is 5.48. The van der Waals surface area contributed by atoms with E-state index >= 15 is 0 Å². The van der Waals surface area contributed by atoms with E-state index in [1.807, 2.05) is 32.0 Å². The molecule has 3 aromatic carbocycles. The van der Waals surface area contributed by atoms with Gasteiger partial charge in [-0.15, -0.1) is 0 Å². The van der Waals surface area contributed by atoms with Crippen LogP contribution in [0.5, 0.6) is 17.4 Å². The Balaban J connectivity index is 1.45. The minimum Gasteiger partial charge on any atom is -0.489 e. The molecule has 1 aromatic heterocycles. The molecule has 0 bridgehead atoms. The van der Waals surface area contributed by atoms with Crippen molar-refractivity contribution in [2.45, 2.75) is 20.5 Å². The normalized spacial score (nSPS) is 10.1. The van der Waals surface area contributed by atoms with Crippen LogP contribution in [0, 0.1) is 36.5 Å². The molecule has 0 saturated heterocycles. The predicted molar refractivity (Wildman–Crippen MR) is 128 cm³/mol. The van der Waals surface area contributed by atoms with Crippen molar-refractivity contribution in [2.75, 3.05) is 5.32 Å². The Labute approximate surface area is 197 Å². The van der Waals surface area contributed by atoms with E-state index in [2.05, 4.69) is 27.4 Å². The van der Waals surface area contributed by atoms with E-state index in [4.69, 9.17) is 20.0 Å². The van der Waals surface area contributed by atoms with Crippen molar-refractivity contribution in [3.05, 3.63) is 101 Å². The quantitative estimate of drug-likeness (QED) is 0.373. The van der Waals surface area contributed by atoms with Gasteiger partial charge in [0, 0.05) is 18.0 Å². The van der Waals surface area contributed by atoms with Gasteiger partial charge in [0.1, 0.15) is 18.1 Å². The molecule has 0 amide bonds. The highest BCUT2D eigenvalue weighted by Gasteiger charge is 2.10. The van der Waals surface area contributed by atoms with Gasteiger partial charge in [-0.05, 0) is 85.1 Å². The van der Waals surface area contributed by atoms with Crippen molar-refractivity contribution in [1.29, 1.82) is 10.5 Å². The minimum atomic E-state index is 0.378. The van der Waals surface area contributed by atoms with E-state index in [1.54, 1.807) is 54.7 Å². The van der Waals surface area contributed by atoms with Crippen molar-refractivity contribution in [1.82, 2.24) is 9.97 Å². The van der Waals surface area contributed by atoms with Crippen molar-refractivity contribution in [3.63, 3.8) is 0 Å². The molecule has 0 aliphatic rings. The van der Waals surface area contributed by atoms with E-state index in [0.29, 0.717) is 35.3 Å². The Morgan fingerprint density at radius 3 is 2.32 bits per heavy atom. The Hall–Kier alpha value is -4.88. The first-order valence-corrected chi connectivity index (χ1v) is 10.6. The monoisotopic (exact) mass is 447 g/mol. The highest BCUT2D eigenvalue weighted by Crippen LogP contribution is 2.30. The van der Waals surface area contributed by atoms with Crippen LogP contribution in [-0.2, 0) is 6.61 Å². The van der Waals surface area contributed by atoms with Crippen LogP contribution in [-0.4, -0.2) is 9.97 Å². The SMILES string of the molecule is Cc1cc(COc2cccc(C#N)c2)cc(C)c1Oc1ccnc(Nc2ccc(C#N)cc2)n1. The van der Waals surface area contributed by atoms with Crippen molar-refractivity contribution in [2.24, 2.45) is 0 Å².